The van der Waals surface area contributed by atoms with Crippen molar-refractivity contribution >= 4 is 0 Å². The van der Waals surface area contributed by atoms with Gasteiger partial charge in [0.15, 0.2) is 0 Å². The summed E-state index contributed by atoms with van der Waals surface area (Å²) in [5.41, 5.74) is 0.400. The fraction of sp³-hybridized carbons (Fsp3) is 0.900. The van der Waals surface area contributed by atoms with Crippen molar-refractivity contribution in [2.45, 2.75) is 53.9 Å². The lowest BCUT2D eigenvalue weighted by Gasteiger charge is -2.16. The van der Waals surface area contributed by atoms with Crippen molar-refractivity contribution in [3.8, 4) is 6.07 Å². The van der Waals surface area contributed by atoms with Crippen LogP contribution >= 0.6 is 0 Å². The zero-order valence-corrected chi connectivity index (χ0v) is 8.57. The third kappa shape index (κ3) is 17.7. The van der Waals surface area contributed by atoms with Gasteiger partial charge in [0.1, 0.15) is 0 Å². The molecule has 0 amide bonds. The molecule has 0 aromatic carbocycles. The SMILES string of the molecule is CC.CC(C)(C)CCCC#N. The first-order chi connectivity index (χ1) is 5.06. The monoisotopic (exact) mass is 155 g/mol. The Morgan fingerprint density at radius 3 is 1.91 bits per heavy atom. The van der Waals surface area contributed by atoms with E-state index in [-0.39, 0.29) is 0 Å². The Hall–Kier alpha value is -0.510. The topological polar surface area (TPSA) is 23.8 Å². The zero-order valence-electron chi connectivity index (χ0n) is 8.57. The quantitative estimate of drug-likeness (QED) is 0.557. The highest BCUT2D eigenvalue weighted by Gasteiger charge is 2.07. The van der Waals surface area contributed by atoms with Crippen LogP contribution in [-0.2, 0) is 0 Å². The molecular weight excluding hydrogens is 134 g/mol. The average molecular weight is 155 g/mol. The Kier molecular flexibility index (Phi) is 9.05. The number of unbranched alkanes of at least 4 members (excludes halogenated alkanes) is 1. The predicted octanol–water partition coefficient (Wildman–Crippen LogP) is 3.75. The summed E-state index contributed by atoms with van der Waals surface area (Å²) in [5, 5.41) is 8.21. The van der Waals surface area contributed by atoms with Gasteiger partial charge in [-0.2, -0.15) is 5.26 Å². The second kappa shape index (κ2) is 7.60. The van der Waals surface area contributed by atoms with E-state index in [1.807, 2.05) is 13.8 Å². The molecule has 0 aliphatic rings. The molecule has 0 atom stereocenters. The molecule has 0 saturated carbocycles. The van der Waals surface area contributed by atoms with E-state index >= 15 is 0 Å². The summed E-state index contributed by atoms with van der Waals surface area (Å²) in [6, 6.07) is 2.14. The molecule has 0 aliphatic carbocycles. The Bertz CT molecular complexity index is 103. The van der Waals surface area contributed by atoms with Gasteiger partial charge in [0, 0.05) is 6.42 Å². The lowest BCUT2D eigenvalue weighted by Crippen LogP contribution is -2.03. The van der Waals surface area contributed by atoms with Gasteiger partial charge in [-0.25, -0.2) is 0 Å². The third-order valence-corrected chi connectivity index (χ3v) is 1.22. The average Bonchev–Trinajstić information content (AvgIpc) is 1.90. The molecule has 0 radical (unpaired) electrons. The molecule has 0 rings (SSSR count). The molecule has 0 saturated heterocycles. The van der Waals surface area contributed by atoms with Gasteiger partial charge in [0.25, 0.3) is 0 Å². The smallest absolute Gasteiger partial charge is 0.0621 e. The van der Waals surface area contributed by atoms with Gasteiger partial charge in [-0.3, -0.25) is 0 Å². The van der Waals surface area contributed by atoms with Gasteiger partial charge in [-0.05, 0) is 18.3 Å². The molecule has 66 valence electrons. The van der Waals surface area contributed by atoms with Gasteiger partial charge in [-0.15, -0.1) is 0 Å². The Balaban J connectivity index is 0. The Morgan fingerprint density at radius 2 is 1.64 bits per heavy atom. The molecule has 0 bridgehead atoms. The summed E-state index contributed by atoms with van der Waals surface area (Å²) in [7, 11) is 0. The van der Waals surface area contributed by atoms with Crippen LogP contribution in [0.15, 0.2) is 0 Å². The highest BCUT2D eigenvalue weighted by atomic mass is 14.2. The van der Waals surface area contributed by atoms with Crippen LogP contribution in [0.2, 0.25) is 0 Å². The molecule has 0 aliphatic heterocycles. The highest BCUT2D eigenvalue weighted by molar-refractivity contribution is 4.71. The van der Waals surface area contributed by atoms with Crippen LogP contribution in [-0.4, -0.2) is 0 Å². The minimum absolute atomic E-state index is 0.400. The van der Waals surface area contributed by atoms with E-state index in [0.29, 0.717) is 11.8 Å². The van der Waals surface area contributed by atoms with Crippen molar-refractivity contribution in [2.24, 2.45) is 5.41 Å². The summed E-state index contributed by atoms with van der Waals surface area (Å²) in [5.74, 6) is 0. The predicted molar refractivity (Wildman–Crippen MR) is 50.3 cm³/mol. The van der Waals surface area contributed by atoms with E-state index in [9.17, 15) is 0 Å². The standard InChI is InChI=1S/C8H15N.C2H6/c1-8(2,3)6-4-5-7-9;1-2/h4-6H2,1-3H3;1-2H3. The first-order valence-electron chi connectivity index (χ1n) is 4.43. The summed E-state index contributed by atoms with van der Waals surface area (Å²) in [6.45, 7) is 10.6. The molecule has 1 heteroatoms. The fourth-order valence-corrected chi connectivity index (χ4v) is 0.698. The van der Waals surface area contributed by atoms with Gasteiger partial charge < -0.3 is 0 Å². The molecule has 0 heterocycles. The van der Waals surface area contributed by atoms with Crippen LogP contribution in [0, 0.1) is 16.7 Å². The molecule has 0 aromatic heterocycles. The molecule has 0 spiro atoms. The third-order valence-electron chi connectivity index (χ3n) is 1.22. The first kappa shape index (κ1) is 13.1. The van der Waals surface area contributed by atoms with E-state index in [4.69, 9.17) is 5.26 Å². The molecule has 0 unspecified atom stereocenters. The summed E-state index contributed by atoms with van der Waals surface area (Å²) < 4.78 is 0. The Labute approximate surface area is 71.4 Å². The fourth-order valence-electron chi connectivity index (χ4n) is 0.698. The minimum Gasteiger partial charge on any atom is -0.198 e. The maximum Gasteiger partial charge on any atom is 0.0621 e. The zero-order chi connectivity index (χ0) is 9.33. The lowest BCUT2D eigenvalue weighted by molar-refractivity contribution is 0.368. The first-order valence-corrected chi connectivity index (χ1v) is 4.43. The van der Waals surface area contributed by atoms with E-state index in [0.717, 1.165) is 12.8 Å². The molecule has 11 heavy (non-hydrogen) atoms. The van der Waals surface area contributed by atoms with Crippen molar-refractivity contribution in [2.75, 3.05) is 0 Å². The van der Waals surface area contributed by atoms with Crippen LogP contribution in [0.3, 0.4) is 0 Å². The number of nitrogens with zero attached hydrogens (tertiary/aromatic N) is 1. The van der Waals surface area contributed by atoms with Crippen molar-refractivity contribution < 1.29 is 0 Å². The van der Waals surface area contributed by atoms with Crippen molar-refractivity contribution in [1.29, 1.82) is 5.26 Å². The maximum absolute atomic E-state index is 8.21. The number of hydrogen-bond acceptors (Lipinski definition) is 1. The number of nitriles is 1. The minimum atomic E-state index is 0.400. The van der Waals surface area contributed by atoms with Gasteiger partial charge in [-0.1, -0.05) is 34.6 Å². The largest absolute Gasteiger partial charge is 0.198 e. The van der Waals surface area contributed by atoms with Crippen LogP contribution in [0.4, 0.5) is 0 Å². The van der Waals surface area contributed by atoms with Crippen molar-refractivity contribution in [3.63, 3.8) is 0 Å². The summed E-state index contributed by atoms with van der Waals surface area (Å²) in [4.78, 5) is 0. The van der Waals surface area contributed by atoms with E-state index < -0.39 is 0 Å². The second-order valence-electron chi connectivity index (χ2n) is 3.57. The van der Waals surface area contributed by atoms with E-state index in [1.54, 1.807) is 0 Å². The van der Waals surface area contributed by atoms with Crippen molar-refractivity contribution in [1.82, 2.24) is 0 Å². The molecule has 1 nitrogen and oxygen atoms in total. The normalized spacial score (nSPS) is 9.45. The van der Waals surface area contributed by atoms with Crippen LogP contribution < -0.4 is 0 Å². The van der Waals surface area contributed by atoms with Gasteiger partial charge in [0.2, 0.25) is 0 Å². The summed E-state index contributed by atoms with van der Waals surface area (Å²) >= 11 is 0. The molecular formula is C10H21N. The maximum atomic E-state index is 8.21. The second-order valence-corrected chi connectivity index (χ2v) is 3.57. The number of hydrogen-bond donors (Lipinski definition) is 0. The van der Waals surface area contributed by atoms with Gasteiger partial charge >= 0.3 is 0 Å². The highest BCUT2D eigenvalue weighted by Crippen LogP contribution is 2.20. The van der Waals surface area contributed by atoms with Crippen LogP contribution in [0.1, 0.15) is 53.9 Å². The van der Waals surface area contributed by atoms with E-state index in [1.165, 1.54) is 0 Å². The number of rotatable bonds is 2. The van der Waals surface area contributed by atoms with Crippen LogP contribution in [0.5, 0.6) is 0 Å². The lowest BCUT2D eigenvalue weighted by atomic mass is 9.90. The van der Waals surface area contributed by atoms with Gasteiger partial charge in [0.05, 0.1) is 6.07 Å². The Morgan fingerprint density at radius 1 is 1.18 bits per heavy atom. The summed E-state index contributed by atoms with van der Waals surface area (Å²) in [6.07, 6.45) is 2.90. The molecule has 0 fully saturated rings. The van der Waals surface area contributed by atoms with Crippen molar-refractivity contribution in [3.05, 3.63) is 0 Å². The molecule has 0 aromatic rings. The molecule has 0 N–H and O–H groups in total. The van der Waals surface area contributed by atoms with Crippen LogP contribution in [0.25, 0.3) is 0 Å². The van der Waals surface area contributed by atoms with E-state index in [2.05, 4.69) is 26.8 Å².